The molecule has 0 radical (unpaired) electrons. The Morgan fingerprint density at radius 3 is 2.73 bits per heavy atom. The van der Waals surface area contributed by atoms with Gasteiger partial charge in [-0.3, -0.25) is 14.2 Å². The Bertz CT molecular complexity index is 883. The highest BCUT2D eigenvalue weighted by Crippen LogP contribution is 2.26. The van der Waals surface area contributed by atoms with Gasteiger partial charge in [-0.05, 0) is 24.3 Å². The number of rotatable bonds is 3. The summed E-state index contributed by atoms with van der Waals surface area (Å²) in [4.78, 5) is 24.0. The fraction of sp³-hybridized carbons (Fsp3) is 0.0588. The first kappa shape index (κ1) is 14.4. The fourth-order valence-electron chi connectivity index (χ4n) is 2.45. The Morgan fingerprint density at radius 2 is 2.00 bits per heavy atom. The molecule has 1 heterocycles. The molecule has 110 valence electrons. The van der Waals surface area contributed by atoms with Gasteiger partial charge in [0, 0.05) is 22.2 Å². The third-order valence-electron chi connectivity index (χ3n) is 3.48. The summed E-state index contributed by atoms with van der Waals surface area (Å²) in [5.41, 5.74) is 1.47. The molecule has 0 bridgehead atoms. The van der Waals surface area contributed by atoms with Crippen molar-refractivity contribution in [2.75, 3.05) is 7.11 Å². The predicted octanol–water partition coefficient (Wildman–Crippen LogP) is 3.80. The highest BCUT2D eigenvalue weighted by molar-refractivity contribution is 6.31. The molecule has 2 aromatic carbocycles. The van der Waals surface area contributed by atoms with Crippen LogP contribution in [0.25, 0.3) is 10.9 Å². The first-order chi connectivity index (χ1) is 10.7. The van der Waals surface area contributed by atoms with Gasteiger partial charge < -0.3 is 4.74 Å². The van der Waals surface area contributed by atoms with Crippen LogP contribution in [0.5, 0.6) is 5.75 Å². The molecule has 0 aliphatic rings. The van der Waals surface area contributed by atoms with Crippen molar-refractivity contribution in [1.82, 2.24) is 4.57 Å². The molecule has 0 spiro atoms. The molecule has 0 saturated carbocycles. The van der Waals surface area contributed by atoms with Crippen LogP contribution >= 0.6 is 11.6 Å². The van der Waals surface area contributed by atoms with Crippen molar-refractivity contribution < 1.29 is 14.3 Å². The van der Waals surface area contributed by atoms with Gasteiger partial charge in [-0.1, -0.05) is 29.8 Å². The molecule has 0 atom stereocenters. The van der Waals surface area contributed by atoms with E-state index >= 15 is 0 Å². The first-order valence-electron chi connectivity index (χ1n) is 6.59. The second-order valence-electron chi connectivity index (χ2n) is 4.74. The van der Waals surface area contributed by atoms with E-state index in [1.165, 1.54) is 17.9 Å². The maximum atomic E-state index is 12.8. The molecule has 3 rings (SSSR count). The van der Waals surface area contributed by atoms with E-state index in [2.05, 4.69) is 0 Å². The predicted molar refractivity (Wildman–Crippen MR) is 85.1 cm³/mol. The zero-order valence-corrected chi connectivity index (χ0v) is 12.5. The van der Waals surface area contributed by atoms with E-state index in [0.29, 0.717) is 27.4 Å². The minimum absolute atomic E-state index is 0.302. The van der Waals surface area contributed by atoms with E-state index in [-0.39, 0.29) is 5.91 Å². The number of nitrogens with zero attached hydrogens (tertiary/aromatic N) is 1. The minimum atomic E-state index is -0.302. The minimum Gasteiger partial charge on any atom is -0.496 e. The number of carbonyl (C=O) groups is 2. The molecule has 0 fully saturated rings. The number of benzene rings is 2. The third-order valence-corrected chi connectivity index (χ3v) is 3.72. The van der Waals surface area contributed by atoms with Crippen LogP contribution < -0.4 is 4.74 Å². The van der Waals surface area contributed by atoms with Crippen LogP contribution in [-0.4, -0.2) is 23.9 Å². The molecular formula is C17H12ClNO3. The van der Waals surface area contributed by atoms with Crippen LogP contribution in [-0.2, 0) is 0 Å². The summed E-state index contributed by atoms with van der Waals surface area (Å²) in [6.07, 6.45) is 2.27. The fourth-order valence-corrected chi connectivity index (χ4v) is 2.62. The van der Waals surface area contributed by atoms with Crippen molar-refractivity contribution in [3.63, 3.8) is 0 Å². The lowest BCUT2D eigenvalue weighted by Gasteiger charge is -2.09. The van der Waals surface area contributed by atoms with Gasteiger partial charge in [-0.2, -0.15) is 0 Å². The molecule has 0 N–H and O–H groups in total. The molecule has 0 unspecified atom stereocenters. The normalized spacial score (nSPS) is 10.6. The molecule has 3 aromatic rings. The standard InChI is InChI=1S/C17H12ClNO3/c1-22-16-7-6-12(18)8-14(16)17(21)19-9-11(10-20)13-4-2-3-5-15(13)19/h2-10H,1H3. The topological polar surface area (TPSA) is 48.3 Å². The summed E-state index contributed by atoms with van der Waals surface area (Å²) in [7, 11) is 1.49. The SMILES string of the molecule is COc1ccc(Cl)cc1C(=O)n1cc(C=O)c2ccccc21. The van der Waals surface area contributed by atoms with Gasteiger partial charge in [0.25, 0.3) is 5.91 Å². The number of carbonyl (C=O) groups excluding carboxylic acids is 2. The van der Waals surface area contributed by atoms with Crippen LogP contribution in [0, 0.1) is 0 Å². The van der Waals surface area contributed by atoms with Crippen LogP contribution in [0.3, 0.4) is 0 Å². The van der Waals surface area contributed by atoms with Crippen LogP contribution in [0.1, 0.15) is 20.7 Å². The highest BCUT2D eigenvalue weighted by atomic mass is 35.5. The average molecular weight is 314 g/mol. The lowest BCUT2D eigenvalue weighted by atomic mass is 10.1. The number of hydrogen-bond acceptors (Lipinski definition) is 3. The number of hydrogen-bond donors (Lipinski definition) is 0. The maximum absolute atomic E-state index is 12.8. The summed E-state index contributed by atoms with van der Waals surface area (Å²) < 4.78 is 6.66. The van der Waals surface area contributed by atoms with Crippen molar-refractivity contribution in [2.45, 2.75) is 0 Å². The van der Waals surface area contributed by atoms with Crippen molar-refractivity contribution in [1.29, 1.82) is 0 Å². The molecule has 4 nitrogen and oxygen atoms in total. The van der Waals surface area contributed by atoms with Gasteiger partial charge >= 0.3 is 0 Å². The van der Waals surface area contributed by atoms with Crippen molar-refractivity contribution in [2.24, 2.45) is 0 Å². The number of para-hydroxylation sites is 1. The zero-order chi connectivity index (χ0) is 15.7. The van der Waals surface area contributed by atoms with Gasteiger partial charge in [0.05, 0.1) is 18.2 Å². The monoisotopic (exact) mass is 313 g/mol. The highest BCUT2D eigenvalue weighted by Gasteiger charge is 2.18. The Balaban J connectivity index is 2.22. The van der Waals surface area contributed by atoms with Crippen molar-refractivity contribution in [3.05, 3.63) is 64.8 Å². The summed E-state index contributed by atoms with van der Waals surface area (Å²) in [6, 6.07) is 12.1. The largest absolute Gasteiger partial charge is 0.496 e. The number of ether oxygens (including phenoxy) is 1. The van der Waals surface area contributed by atoms with Gasteiger partial charge in [0.15, 0.2) is 6.29 Å². The van der Waals surface area contributed by atoms with Gasteiger partial charge in [-0.15, -0.1) is 0 Å². The lowest BCUT2D eigenvalue weighted by Crippen LogP contribution is -2.12. The third kappa shape index (κ3) is 2.27. The van der Waals surface area contributed by atoms with E-state index in [1.54, 1.807) is 30.3 Å². The van der Waals surface area contributed by atoms with Crippen LogP contribution in [0.2, 0.25) is 5.02 Å². The molecule has 0 amide bonds. The second-order valence-corrected chi connectivity index (χ2v) is 5.18. The van der Waals surface area contributed by atoms with E-state index in [9.17, 15) is 9.59 Å². The van der Waals surface area contributed by atoms with Crippen LogP contribution in [0.4, 0.5) is 0 Å². The summed E-state index contributed by atoms with van der Waals surface area (Å²) in [5.74, 6) is 0.128. The van der Waals surface area contributed by atoms with Crippen molar-refractivity contribution >= 4 is 34.7 Å². The second kappa shape index (κ2) is 5.66. The molecule has 0 saturated heterocycles. The van der Waals surface area contributed by atoms with Crippen LogP contribution in [0.15, 0.2) is 48.7 Å². The molecule has 0 aliphatic heterocycles. The smallest absolute Gasteiger partial charge is 0.266 e. The first-order valence-corrected chi connectivity index (χ1v) is 6.97. The summed E-state index contributed by atoms with van der Waals surface area (Å²) in [5, 5.41) is 1.17. The Morgan fingerprint density at radius 1 is 1.23 bits per heavy atom. The lowest BCUT2D eigenvalue weighted by molar-refractivity contribution is 0.0962. The number of halogens is 1. The number of methoxy groups -OCH3 is 1. The molecule has 0 aliphatic carbocycles. The van der Waals surface area contributed by atoms with Crippen molar-refractivity contribution in [3.8, 4) is 5.75 Å². The number of fused-ring (bicyclic) bond motifs is 1. The Kier molecular flexibility index (Phi) is 3.69. The quantitative estimate of drug-likeness (QED) is 0.691. The number of aldehydes is 1. The summed E-state index contributed by atoms with van der Waals surface area (Å²) in [6.45, 7) is 0. The molecule has 1 aromatic heterocycles. The van der Waals surface area contributed by atoms with E-state index in [4.69, 9.17) is 16.3 Å². The summed E-state index contributed by atoms with van der Waals surface area (Å²) >= 11 is 5.98. The van der Waals surface area contributed by atoms with E-state index < -0.39 is 0 Å². The van der Waals surface area contributed by atoms with Gasteiger partial charge in [0.1, 0.15) is 5.75 Å². The Hall–Kier alpha value is -2.59. The molecule has 22 heavy (non-hydrogen) atoms. The maximum Gasteiger partial charge on any atom is 0.266 e. The number of aromatic nitrogens is 1. The average Bonchev–Trinajstić information content (AvgIpc) is 2.93. The molecular weight excluding hydrogens is 302 g/mol. The van der Waals surface area contributed by atoms with Gasteiger partial charge in [0.2, 0.25) is 0 Å². The van der Waals surface area contributed by atoms with E-state index in [1.807, 2.05) is 12.1 Å². The van der Waals surface area contributed by atoms with E-state index in [0.717, 1.165) is 11.7 Å². The van der Waals surface area contributed by atoms with Gasteiger partial charge in [-0.25, -0.2) is 0 Å². The molecule has 5 heteroatoms. The zero-order valence-electron chi connectivity index (χ0n) is 11.7. The Labute approximate surface area is 131 Å².